The Morgan fingerprint density at radius 3 is 2.75 bits per heavy atom. The number of ether oxygens (including phenoxy) is 1. The molecule has 0 heterocycles. The van der Waals surface area contributed by atoms with Crippen LogP contribution in [0.5, 0.6) is 0 Å². The van der Waals surface area contributed by atoms with Crippen molar-refractivity contribution < 1.29 is 9.53 Å². The first-order chi connectivity index (χ1) is 9.54. The van der Waals surface area contributed by atoms with Gasteiger partial charge in [-0.2, -0.15) is 0 Å². The second-order valence-electron chi connectivity index (χ2n) is 6.15. The van der Waals surface area contributed by atoms with Crippen LogP contribution in [0.15, 0.2) is 0 Å². The maximum atomic E-state index is 12.1. The van der Waals surface area contributed by atoms with Gasteiger partial charge in [0.2, 0.25) is 0 Å². The van der Waals surface area contributed by atoms with E-state index in [0.29, 0.717) is 6.61 Å². The van der Waals surface area contributed by atoms with E-state index in [1.54, 1.807) is 0 Å². The van der Waals surface area contributed by atoms with Gasteiger partial charge < -0.3 is 15.4 Å². The fraction of sp³-hybridized carbons (Fsp3) is 0.938. The van der Waals surface area contributed by atoms with Gasteiger partial charge in [-0.15, -0.1) is 0 Å². The average Bonchev–Trinajstić information content (AvgIpc) is 2.80. The second kappa shape index (κ2) is 8.63. The summed E-state index contributed by atoms with van der Waals surface area (Å²) in [7, 11) is 2.16. The van der Waals surface area contributed by atoms with Crippen LogP contribution in [-0.2, 0) is 9.53 Å². The number of rotatable bonds is 9. The standard InChI is InChI=1S/C16H32N2O2/c1-4-6-7-12-18(3)13-10-14-9-8-11-16(14,17)15(19)20-5-2/h14H,4-13,17H2,1-3H3. The van der Waals surface area contributed by atoms with Crippen molar-refractivity contribution in [3.63, 3.8) is 0 Å². The molecule has 1 fully saturated rings. The molecule has 0 aliphatic heterocycles. The van der Waals surface area contributed by atoms with Crippen molar-refractivity contribution in [2.75, 3.05) is 26.7 Å². The van der Waals surface area contributed by atoms with E-state index in [1.165, 1.54) is 19.3 Å². The minimum Gasteiger partial charge on any atom is -0.465 e. The second-order valence-corrected chi connectivity index (χ2v) is 6.15. The molecule has 0 amide bonds. The number of hydrogen-bond acceptors (Lipinski definition) is 4. The minimum absolute atomic E-state index is 0.198. The van der Waals surface area contributed by atoms with Gasteiger partial charge >= 0.3 is 5.97 Å². The maximum absolute atomic E-state index is 12.1. The molecule has 0 aromatic rings. The number of carbonyl (C=O) groups is 1. The van der Waals surface area contributed by atoms with Gasteiger partial charge in [-0.3, -0.25) is 4.79 Å². The van der Waals surface area contributed by atoms with E-state index in [4.69, 9.17) is 10.5 Å². The quantitative estimate of drug-likeness (QED) is 0.522. The third kappa shape index (κ3) is 4.74. The number of carbonyl (C=O) groups excluding carboxylic acids is 1. The summed E-state index contributed by atoms with van der Waals surface area (Å²) in [6.45, 7) is 6.64. The maximum Gasteiger partial charge on any atom is 0.326 e. The monoisotopic (exact) mass is 284 g/mol. The van der Waals surface area contributed by atoms with Gasteiger partial charge in [0.15, 0.2) is 0 Å². The number of unbranched alkanes of at least 4 members (excludes halogenated alkanes) is 2. The molecule has 0 spiro atoms. The van der Waals surface area contributed by atoms with Crippen molar-refractivity contribution in [2.45, 2.75) is 64.3 Å². The highest BCUT2D eigenvalue weighted by molar-refractivity contribution is 5.81. The Morgan fingerprint density at radius 1 is 1.35 bits per heavy atom. The lowest BCUT2D eigenvalue weighted by Gasteiger charge is -2.30. The zero-order chi connectivity index (χ0) is 15.0. The van der Waals surface area contributed by atoms with E-state index in [2.05, 4.69) is 18.9 Å². The van der Waals surface area contributed by atoms with Crippen molar-refractivity contribution >= 4 is 5.97 Å². The van der Waals surface area contributed by atoms with Crippen molar-refractivity contribution in [1.29, 1.82) is 0 Å². The molecule has 0 aromatic heterocycles. The molecular weight excluding hydrogens is 252 g/mol. The van der Waals surface area contributed by atoms with Gasteiger partial charge in [0, 0.05) is 0 Å². The van der Waals surface area contributed by atoms with Crippen molar-refractivity contribution in [3.8, 4) is 0 Å². The molecule has 0 radical (unpaired) electrons. The topological polar surface area (TPSA) is 55.6 Å². The zero-order valence-electron chi connectivity index (χ0n) is 13.5. The first kappa shape index (κ1) is 17.4. The van der Waals surface area contributed by atoms with Gasteiger partial charge in [0.25, 0.3) is 0 Å². The third-order valence-electron chi connectivity index (χ3n) is 4.53. The van der Waals surface area contributed by atoms with Crippen molar-refractivity contribution in [1.82, 2.24) is 4.90 Å². The lowest BCUT2D eigenvalue weighted by molar-refractivity contribution is -0.151. The number of hydrogen-bond donors (Lipinski definition) is 1. The van der Waals surface area contributed by atoms with Gasteiger partial charge in [-0.25, -0.2) is 0 Å². The first-order valence-electron chi connectivity index (χ1n) is 8.19. The van der Waals surface area contributed by atoms with E-state index in [9.17, 15) is 4.79 Å². The summed E-state index contributed by atoms with van der Waals surface area (Å²) in [6.07, 6.45) is 7.66. The fourth-order valence-corrected chi connectivity index (χ4v) is 3.16. The Morgan fingerprint density at radius 2 is 2.10 bits per heavy atom. The number of esters is 1. The van der Waals surface area contributed by atoms with Crippen LogP contribution in [0.4, 0.5) is 0 Å². The molecule has 2 atom stereocenters. The van der Waals surface area contributed by atoms with Crippen LogP contribution >= 0.6 is 0 Å². The molecule has 1 aliphatic carbocycles. The lowest BCUT2D eigenvalue weighted by Crippen LogP contribution is -2.52. The Labute approximate surface area is 124 Å². The van der Waals surface area contributed by atoms with Gasteiger partial charge in [0.05, 0.1) is 6.61 Å². The van der Waals surface area contributed by atoms with Gasteiger partial charge in [-0.05, 0) is 58.7 Å². The molecule has 2 unspecified atom stereocenters. The largest absolute Gasteiger partial charge is 0.465 e. The molecule has 1 rings (SSSR count). The Kier molecular flexibility index (Phi) is 7.52. The highest BCUT2D eigenvalue weighted by Gasteiger charge is 2.46. The Bertz CT molecular complexity index is 296. The predicted molar refractivity (Wildman–Crippen MR) is 82.5 cm³/mol. The van der Waals surface area contributed by atoms with Gasteiger partial charge in [0.1, 0.15) is 5.54 Å². The highest BCUT2D eigenvalue weighted by atomic mass is 16.5. The molecule has 4 nitrogen and oxygen atoms in total. The summed E-state index contributed by atoms with van der Waals surface area (Å²) >= 11 is 0. The molecule has 0 bridgehead atoms. The number of nitrogens with two attached hydrogens (primary N) is 1. The molecule has 0 saturated heterocycles. The van der Waals surface area contributed by atoms with Crippen molar-refractivity contribution in [2.24, 2.45) is 11.7 Å². The Balaban J connectivity index is 2.39. The van der Waals surface area contributed by atoms with E-state index < -0.39 is 5.54 Å². The summed E-state index contributed by atoms with van der Waals surface area (Å²) in [4.78, 5) is 14.4. The van der Waals surface area contributed by atoms with Crippen LogP contribution in [0.25, 0.3) is 0 Å². The minimum atomic E-state index is -0.736. The SMILES string of the molecule is CCCCCN(C)CCC1CCCC1(N)C(=O)OCC. The number of nitrogens with zero attached hydrogens (tertiary/aromatic N) is 1. The van der Waals surface area contributed by atoms with Gasteiger partial charge in [-0.1, -0.05) is 26.2 Å². The smallest absolute Gasteiger partial charge is 0.326 e. The summed E-state index contributed by atoms with van der Waals surface area (Å²) in [6, 6.07) is 0. The lowest BCUT2D eigenvalue weighted by atomic mass is 9.85. The van der Waals surface area contributed by atoms with E-state index in [1.807, 2.05) is 6.92 Å². The van der Waals surface area contributed by atoms with Crippen LogP contribution in [0.3, 0.4) is 0 Å². The molecule has 4 heteroatoms. The van der Waals surface area contributed by atoms with Crippen LogP contribution in [0, 0.1) is 5.92 Å². The molecule has 20 heavy (non-hydrogen) atoms. The van der Waals surface area contributed by atoms with Crippen LogP contribution in [-0.4, -0.2) is 43.2 Å². The van der Waals surface area contributed by atoms with E-state index >= 15 is 0 Å². The molecule has 118 valence electrons. The first-order valence-corrected chi connectivity index (χ1v) is 8.19. The molecular formula is C16H32N2O2. The fourth-order valence-electron chi connectivity index (χ4n) is 3.16. The van der Waals surface area contributed by atoms with Crippen molar-refractivity contribution in [3.05, 3.63) is 0 Å². The highest BCUT2D eigenvalue weighted by Crippen LogP contribution is 2.37. The molecule has 0 aromatic carbocycles. The predicted octanol–water partition coefficient (Wildman–Crippen LogP) is 2.56. The summed E-state index contributed by atoms with van der Waals surface area (Å²) in [5.74, 6) is 0.0753. The molecule has 1 saturated carbocycles. The summed E-state index contributed by atoms with van der Waals surface area (Å²) in [5, 5.41) is 0. The molecule has 2 N–H and O–H groups in total. The normalized spacial score (nSPS) is 26.1. The summed E-state index contributed by atoms with van der Waals surface area (Å²) in [5.41, 5.74) is 5.61. The van der Waals surface area contributed by atoms with E-state index in [0.717, 1.165) is 38.8 Å². The summed E-state index contributed by atoms with van der Waals surface area (Å²) < 4.78 is 5.17. The van der Waals surface area contributed by atoms with Crippen LogP contribution in [0.1, 0.15) is 58.8 Å². The van der Waals surface area contributed by atoms with Crippen LogP contribution in [0.2, 0.25) is 0 Å². The van der Waals surface area contributed by atoms with Crippen LogP contribution < -0.4 is 5.73 Å². The molecule has 1 aliphatic rings. The third-order valence-corrected chi connectivity index (χ3v) is 4.53. The zero-order valence-corrected chi connectivity index (χ0v) is 13.5. The Hall–Kier alpha value is -0.610. The average molecular weight is 284 g/mol. The van der Waals surface area contributed by atoms with E-state index in [-0.39, 0.29) is 11.9 Å².